The van der Waals surface area contributed by atoms with Gasteiger partial charge in [-0.25, -0.2) is 4.98 Å². The van der Waals surface area contributed by atoms with Crippen molar-refractivity contribution in [3.63, 3.8) is 0 Å². The first-order valence-corrected chi connectivity index (χ1v) is 10.4. The smallest absolute Gasteiger partial charge is 0.300 e. The zero-order valence-corrected chi connectivity index (χ0v) is 17.7. The van der Waals surface area contributed by atoms with Gasteiger partial charge in [-0.05, 0) is 25.0 Å². The number of carbonyl (C=O) groups is 1. The number of aromatic nitrogens is 3. The second-order valence-corrected chi connectivity index (χ2v) is 7.82. The Balaban J connectivity index is 1.44. The van der Waals surface area contributed by atoms with Gasteiger partial charge >= 0.3 is 5.69 Å². The predicted molar refractivity (Wildman–Crippen MR) is 120 cm³/mol. The van der Waals surface area contributed by atoms with Gasteiger partial charge in [-0.15, -0.1) is 11.3 Å². The molecule has 0 spiro atoms. The van der Waals surface area contributed by atoms with Gasteiger partial charge in [0.1, 0.15) is 17.9 Å². The molecule has 8 nitrogen and oxygen atoms in total. The molecule has 1 amide bonds. The lowest BCUT2D eigenvalue weighted by molar-refractivity contribution is -0.386. The maximum atomic E-state index is 12.4. The van der Waals surface area contributed by atoms with Gasteiger partial charge < -0.3 is 5.32 Å². The molecule has 0 aliphatic heterocycles. The van der Waals surface area contributed by atoms with Crippen molar-refractivity contribution in [2.24, 2.45) is 0 Å². The molecule has 2 aromatic carbocycles. The Labute approximate surface area is 182 Å². The van der Waals surface area contributed by atoms with E-state index in [9.17, 15) is 14.9 Å². The van der Waals surface area contributed by atoms with Crippen molar-refractivity contribution >= 4 is 28.1 Å². The molecular weight excluding hydrogens is 414 g/mol. The van der Waals surface area contributed by atoms with Crippen LogP contribution in [-0.2, 0) is 11.3 Å². The Morgan fingerprint density at radius 3 is 2.35 bits per heavy atom. The Morgan fingerprint density at radius 1 is 1.06 bits per heavy atom. The molecule has 0 radical (unpaired) electrons. The Hall–Kier alpha value is -3.85. The summed E-state index contributed by atoms with van der Waals surface area (Å²) in [5, 5.41) is 20.3. The molecule has 0 fully saturated rings. The number of hydrogen-bond donors (Lipinski definition) is 1. The van der Waals surface area contributed by atoms with Crippen molar-refractivity contribution in [1.29, 1.82) is 0 Å². The second-order valence-electron chi connectivity index (χ2n) is 6.96. The quantitative estimate of drug-likeness (QED) is 0.346. The monoisotopic (exact) mass is 433 g/mol. The number of aryl methyl sites for hydroxylation is 1. The van der Waals surface area contributed by atoms with Gasteiger partial charge in [-0.1, -0.05) is 54.6 Å². The standard InChI is InChI=1S/C22H19N5O3S/c1-14-21(27(29)30)15(2)26(25-14)12-20(28)24-22-23-19(13-31-22)18-10-8-17(9-11-18)16-6-4-3-5-7-16/h3-11,13H,12H2,1-2H3,(H,23,24,28). The first kappa shape index (κ1) is 20.4. The fourth-order valence-corrected chi connectivity index (χ4v) is 4.06. The molecule has 0 atom stereocenters. The number of nitro groups is 1. The van der Waals surface area contributed by atoms with Gasteiger partial charge in [0.2, 0.25) is 5.91 Å². The molecule has 4 aromatic rings. The SMILES string of the molecule is Cc1nn(CC(=O)Nc2nc(-c3ccc(-c4ccccc4)cc3)cs2)c(C)c1[N+](=O)[O-]. The van der Waals surface area contributed by atoms with Crippen LogP contribution in [-0.4, -0.2) is 25.6 Å². The van der Waals surface area contributed by atoms with Gasteiger partial charge in [-0.3, -0.25) is 19.6 Å². The maximum Gasteiger partial charge on any atom is 0.312 e. The van der Waals surface area contributed by atoms with E-state index in [0.29, 0.717) is 10.8 Å². The van der Waals surface area contributed by atoms with Crippen molar-refractivity contribution < 1.29 is 9.72 Å². The molecular formula is C22H19N5O3S. The number of anilines is 1. The van der Waals surface area contributed by atoms with Crippen molar-refractivity contribution in [2.45, 2.75) is 20.4 Å². The van der Waals surface area contributed by atoms with E-state index in [-0.39, 0.29) is 23.8 Å². The molecule has 31 heavy (non-hydrogen) atoms. The van der Waals surface area contributed by atoms with Crippen LogP contribution in [0.1, 0.15) is 11.4 Å². The summed E-state index contributed by atoms with van der Waals surface area (Å²) in [6.07, 6.45) is 0. The zero-order chi connectivity index (χ0) is 22.0. The normalized spacial score (nSPS) is 10.8. The summed E-state index contributed by atoms with van der Waals surface area (Å²) in [7, 11) is 0. The molecule has 1 N–H and O–H groups in total. The van der Waals surface area contributed by atoms with E-state index in [4.69, 9.17) is 0 Å². The second kappa shape index (κ2) is 8.49. The lowest BCUT2D eigenvalue weighted by atomic mass is 10.0. The van der Waals surface area contributed by atoms with Crippen LogP contribution in [0.25, 0.3) is 22.4 Å². The largest absolute Gasteiger partial charge is 0.312 e. The summed E-state index contributed by atoms with van der Waals surface area (Å²) in [5.74, 6) is -0.346. The average molecular weight is 433 g/mol. The van der Waals surface area contributed by atoms with Gasteiger partial charge in [0.05, 0.1) is 10.6 Å². The third-order valence-corrected chi connectivity index (χ3v) is 5.62. The molecule has 4 rings (SSSR count). The summed E-state index contributed by atoms with van der Waals surface area (Å²) in [6, 6.07) is 18.2. The van der Waals surface area contributed by atoms with Crippen LogP contribution in [0.2, 0.25) is 0 Å². The minimum Gasteiger partial charge on any atom is -0.300 e. The Kier molecular flexibility index (Phi) is 5.59. The predicted octanol–water partition coefficient (Wildman–Crippen LogP) is 4.84. The van der Waals surface area contributed by atoms with Crippen molar-refractivity contribution in [2.75, 3.05) is 5.32 Å². The highest BCUT2D eigenvalue weighted by Crippen LogP contribution is 2.28. The van der Waals surface area contributed by atoms with Crippen LogP contribution in [0, 0.1) is 24.0 Å². The summed E-state index contributed by atoms with van der Waals surface area (Å²) < 4.78 is 1.33. The molecule has 0 unspecified atom stereocenters. The fraction of sp³-hybridized carbons (Fsp3) is 0.136. The number of hydrogen-bond acceptors (Lipinski definition) is 6. The first-order chi connectivity index (χ1) is 14.9. The molecule has 0 aliphatic rings. The van der Waals surface area contributed by atoms with Crippen molar-refractivity contribution in [1.82, 2.24) is 14.8 Å². The van der Waals surface area contributed by atoms with Crippen LogP contribution in [0.15, 0.2) is 60.0 Å². The number of nitrogens with zero attached hydrogens (tertiary/aromatic N) is 4. The molecule has 0 saturated carbocycles. The highest BCUT2D eigenvalue weighted by Gasteiger charge is 2.23. The maximum absolute atomic E-state index is 12.4. The van der Waals surface area contributed by atoms with E-state index in [2.05, 4.69) is 27.5 Å². The van der Waals surface area contributed by atoms with E-state index < -0.39 is 4.92 Å². The summed E-state index contributed by atoms with van der Waals surface area (Å²) >= 11 is 1.32. The molecule has 9 heteroatoms. The molecule has 0 aliphatic carbocycles. The van der Waals surface area contributed by atoms with Crippen molar-refractivity contribution in [3.8, 4) is 22.4 Å². The minimum absolute atomic E-state index is 0.0664. The highest BCUT2D eigenvalue weighted by molar-refractivity contribution is 7.14. The van der Waals surface area contributed by atoms with E-state index in [0.717, 1.165) is 22.4 Å². The Morgan fingerprint density at radius 2 is 1.71 bits per heavy atom. The molecule has 2 aromatic heterocycles. The number of rotatable bonds is 6. The number of amides is 1. The fourth-order valence-electron chi connectivity index (χ4n) is 3.33. The number of thiazole rings is 1. The molecule has 2 heterocycles. The van der Waals surface area contributed by atoms with E-state index in [1.54, 1.807) is 13.8 Å². The minimum atomic E-state index is -0.484. The summed E-state index contributed by atoms with van der Waals surface area (Å²) in [5.41, 5.74) is 4.54. The summed E-state index contributed by atoms with van der Waals surface area (Å²) in [6.45, 7) is 3.00. The highest BCUT2D eigenvalue weighted by atomic mass is 32.1. The lowest BCUT2D eigenvalue weighted by Crippen LogP contribution is -2.20. The molecule has 0 bridgehead atoms. The first-order valence-electron chi connectivity index (χ1n) is 9.52. The van der Waals surface area contributed by atoms with Crippen LogP contribution in [0.4, 0.5) is 10.8 Å². The molecule has 0 saturated heterocycles. The van der Waals surface area contributed by atoms with Crippen LogP contribution >= 0.6 is 11.3 Å². The van der Waals surface area contributed by atoms with Crippen LogP contribution in [0.3, 0.4) is 0 Å². The topological polar surface area (TPSA) is 103 Å². The lowest BCUT2D eigenvalue weighted by Gasteiger charge is -2.04. The van der Waals surface area contributed by atoms with E-state index in [1.165, 1.54) is 16.0 Å². The Bertz CT molecular complexity index is 1250. The van der Waals surface area contributed by atoms with E-state index in [1.807, 2.05) is 47.8 Å². The number of benzene rings is 2. The van der Waals surface area contributed by atoms with Crippen molar-refractivity contribution in [3.05, 3.63) is 81.5 Å². The van der Waals surface area contributed by atoms with Gasteiger partial charge in [0.15, 0.2) is 5.13 Å². The number of nitrogens with one attached hydrogen (secondary N) is 1. The number of carbonyl (C=O) groups excluding carboxylic acids is 1. The molecule has 156 valence electrons. The average Bonchev–Trinajstić information content (AvgIpc) is 3.32. The van der Waals surface area contributed by atoms with E-state index >= 15 is 0 Å². The third-order valence-electron chi connectivity index (χ3n) is 4.86. The zero-order valence-electron chi connectivity index (χ0n) is 16.9. The third kappa shape index (κ3) is 4.36. The van der Waals surface area contributed by atoms with Crippen LogP contribution < -0.4 is 5.32 Å². The summed E-state index contributed by atoms with van der Waals surface area (Å²) in [4.78, 5) is 27.5. The van der Waals surface area contributed by atoms with Gasteiger partial charge in [-0.2, -0.15) is 5.10 Å². The van der Waals surface area contributed by atoms with Gasteiger partial charge in [0.25, 0.3) is 0 Å². The van der Waals surface area contributed by atoms with Crippen LogP contribution in [0.5, 0.6) is 0 Å². The van der Waals surface area contributed by atoms with Gasteiger partial charge in [0, 0.05) is 10.9 Å².